The van der Waals surface area contributed by atoms with Crippen LogP contribution in [0.2, 0.25) is 0 Å². The Balaban J connectivity index is 1.31. The molecule has 7 heteroatoms. The molecule has 3 heterocycles. The normalized spacial score (nSPS) is 23.0. The molecule has 0 unspecified atom stereocenters. The summed E-state index contributed by atoms with van der Waals surface area (Å²) in [6.45, 7) is 9.62. The molecule has 4 rings (SSSR count). The summed E-state index contributed by atoms with van der Waals surface area (Å²) in [7, 11) is 2.19. The summed E-state index contributed by atoms with van der Waals surface area (Å²) in [5.74, 6) is 0.650. The Morgan fingerprint density at radius 2 is 1.83 bits per heavy atom. The number of likely N-dealkylation sites (tertiary alicyclic amines) is 1. The summed E-state index contributed by atoms with van der Waals surface area (Å²) in [5.41, 5.74) is 0.877. The standard InChI is InChI=1S/C22H33N5O2/c1-22(16-26-13-11-25(2)12-14-26)6-9-27(10-7-22)21(29)18-5-8-23-19(15-18)24-20(28)17-3-4-17/h5,8,15,17H,3-4,6-7,9-14,16H2,1-2H3,(H,23,24,28). The molecule has 2 aliphatic heterocycles. The SMILES string of the molecule is CN1CCN(CC2(C)CCN(C(=O)c3ccnc(NC(=O)C4CC4)c3)CC2)CC1. The monoisotopic (exact) mass is 399 g/mol. The fraction of sp³-hybridized carbons (Fsp3) is 0.682. The number of aromatic nitrogens is 1. The number of hydrogen-bond acceptors (Lipinski definition) is 5. The highest BCUT2D eigenvalue weighted by Crippen LogP contribution is 2.33. The molecule has 0 atom stereocenters. The lowest BCUT2D eigenvalue weighted by molar-refractivity contribution is -0.117. The van der Waals surface area contributed by atoms with Gasteiger partial charge in [-0.05, 0) is 50.3 Å². The molecule has 1 aliphatic carbocycles. The second-order valence-electron chi connectivity index (χ2n) is 9.38. The topological polar surface area (TPSA) is 68.8 Å². The van der Waals surface area contributed by atoms with Crippen molar-refractivity contribution in [3.8, 4) is 0 Å². The maximum absolute atomic E-state index is 13.0. The van der Waals surface area contributed by atoms with Crippen molar-refractivity contribution in [2.45, 2.75) is 32.6 Å². The van der Waals surface area contributed by atoms with Crippen molar-refractivity contribution < 1.29 is 9.59 Å². The van der Waals surface area contributed by atoms with Crippen LogP contribution in [-0.4, -0.2) is 84.4 Å². The summed E-state index contributed by atoms with van der Waals surface area (Å²) >= 11 is 0. The van der Waals surface area contributed by atoms with E-state index in [4.69, 9.17) is 0 Å². The van der Waals surface area contributed by atoms with Gasteiger partial charge in [-0.3, -0.25) is 9.59 Å². The third kappa shape index (κ3) is 5.14. The van der Waals surface area contributed by atoms with E-state index < -0.39 is 0 Å². The maximum Gasteiger partial charge on any atom is 0.254 e. The minimum atomic E-state index is 0.0137. The third-order valence-corrected chi connectivity index (χ3v) is 6.67. The number of anilines is 1. The highest BCUT2D eigenvalue weighted by Gasteiger charge is 2.34. The van der Waals surface area contributed by atoms with Gasteiger partial charge in [0.05, 0.1) is 0 Å². The van der Waals surface area contributed by atoms with Crippen LogP contribution >= 0.6 is 0 Å². The summed E-state index contributed by atoms with van der Waals surface area (Å²) in [4.78, 5) is 36.1. The number of hydrogen-bond donors (Lipinski definition) is 1. The van der Waals surface area contributed by atoms with Gasteiger partial charge in [-0.2, -0.15) is 0 Å². The largest absolute Gasteiger partial charge is 0.339 e. The van der Waals surface area contributed by atoms with Crippen molar-refractivity contribution in [1.82, 2.24) is 19.7 Å². The average molecular weight is 400 g/mol. The quantitative estimate of drug-likeness (QED) is 0.819. The van der Waals surface area contributed by atoms with Gasteiger partial charge in [0.25, 0.3) is 5.91 Å². The van der Waals surface area contributed by atoms with Crippen molar-refractivity contribution in [1.29, 1.82) is 0 Å². The number of amides is 2. The molecule has 1 aromatic rings. The molecule has 1 N–H and O–H groups in total. The summed E-state index contributed by atoms with van der Waals surface area (Å²) in [6.07, 6.45) is 5.57. The van der Waals surface area contributed by atoms with E-state index >= 15 is 0 Å². The lowest BCUT2D eigenvalue weighted by Gasteiger charge is -2.44. The summed E-state index contributed by atoms with van der Waals surface area (Å²) in [6, 6.07) is 3.45. The van der Waals surface area contributed by atoms with Crippen LogP contribution in [0.1, 0.15) is 43.0 Å². The van der Waals surface area contributed by atoms with E-state index in [9.17, 15) is 9.59 Å². The van der Waals surface area contributed by atoms with Gasteiger partial charge in [0.1, 0.15) is 5.82 Å². The van der Waals surface area contributed by atoms with Gasteiger partial charge in [-0.1, -0.05) is 6.92 Å². The molecule has 7 nitrogen and oxygen atoms in total. The predicted octanol–water partition coefficient (Wildman–Crippen LogP) is 1.92. The van der Waals surface area contributed by atoms with E-state index in [2.05, 4.69) is 34.1 Å². The highest BCUT2D eigenvalue weighted by molar-refractivity contribution is 5.97. The van der Waals surface area contributed by atoms with Crippen LogP contribution in [0, 0.1) is 11.3 Å². The van der Waals surface area contributed by atoms with Crippen LogP contribution in [0.4, 0.5) is 5.82 Å². The number of carbonyl (C=O) groups excluding carboxylic acids is 2. The van der Waals surface area contributed by atoms with Crippen LogP contribution < -0.4 is 5.32 Å². The predicted molar refractivity (Wildman–Crippen MR) is 113 cm³/mol. The van der Waals surface area contributed by atoms with E-state index in [-0.39, 0.29) is 23.1 Å². The molecule has 1 aromatic heterocycles. The molecule has 29 heavy (non-hydrogen) atoms. The molecule has 0 spiro atoms. The summed E-state index contributed by atoms with van der Waals surface area (Å²) in [5, 5.41) is 2.83. The number of piperazine rings is 1. The van der Waals surface area contributed by atoms with Gasteiger partial charge in [0.2, 0.25) is 5.91 Å². The van der Waals surface area contributed by atoms with E-state index in [1.54, 1.807) is 18.3 Å². The molecule has 0 radical (unpaired) electrons. The first kappa shape index (κ1) is 20.3. The zero-order chi connectivity index (χ0) is 20.4. The Morgan fingerprint density at radius 3 is 2.48 bits per heavy atom. The first-order valence-electron chi connectivity index (χ1n) is 10.9. The molecule has 2 saturated heterocycles. The number of pyridine rings is 1. The zero-order valence-electron chi connectivity index (χ0n) is 17.7. The molecule has 158 valence electrons. The van der Waals surface area contributed by atoms with E-state index in [0.29, 0.717) is 11.4 Å². The smallest absolute Gasteiger partial charge is 0.254 e. The van der Waals surface area contributed by atoms with Crippen molar-refractivity contribution in [2.24, 2.45) is 11.3 Å². The van der Waals surface area contributed by atoms with E-state index in [0.717, 1.165) is 71.5 Å². The average Bonchev–Trinajstić information content (AvgIpc) is 3.55. The van der Waals surface area contributed by atoms with Gasteiger partial charge in [-0.25, -0.2) is 4.98 Å². The van der Waals surface area contributed by atoms with Crippen LogP contribution in [0.5, 0.6) is 0 Å². The Labute approximate surface area is 173 Å². The number of carbonyl (C=O) groups is 2. The number of nitrogens with zero attached hydrogens (tertiary/aromatic N) is 4. The molecule has 3 aliphatic rings. The van der Waals surface area contributed by atoms with Crippen molar-refractivity contribution in [2.75, 3.05) is 58.2 Å². The minimum absolute atomic E-state index is 0.0137. The molecular formula is C22H33N5O2. The van der Waals surface area contributed by atoms with Gasteiger partial charge in [0, 0.05) is 63.5 Å². The third-order valence-electron chi connectivity index (χ3n) is 6.67. The lowest BCUT2D eigenvalue weighted by Crippen LogP contribution is -2.51. The Hall–Kier alpha value is -1.99. The first-order valence-corrected chi connectivity index (χ1v) is 10.9. The zero-order valence-corrected chi connectivity index (χ0v) is 17.7. The Kier molecular flexibility index (Phi) is 5.88. The molecule has 0 aromatic carbocycles. The number of likely N-dealkylation sites (N-methyl/N-ethyl adjacent to an activating group) is 1. The van der Waals surface area contributed by atoms with Gasteiger partial charge in [-0.15, -0.1) is 0 Å². The first-order chi connectivity index (χ1) is 13.9. The Bertz CT molecular complexity index is 747. The van der Waals surface area contributed by atoms with Gasteiger partial charge >= 0.3 is 0 Å². The number of rotatable bonds is 5. The highest BCUT2D eigenvalue weighted by atomic mass is 16.2. The minimum Gasteiger partial charge on any atom is -0.339 e. The second-order valence-corrected chi connectivity index (χ2v) is 9.38. The van der Waals surface area contributed by atoms with Crippen molar-refractivity contribution >= 4 is 17.6 Å². The van der Waals surface area contributed by atoms with Crippen LogP contribution in [0.3, 0.4) is 0 Å². The van der Waals surface area contributed by atoms with Gasteiger partial charge in [0.15, 0.2) is 0 Å². The van der Waals surface area contributed by atoms with Crippen LogP contribution in [-0.2, 0) is 4.79 Å². The molecule has 0 bridgehead atoms. The van der Waals surface area contributed by atoms with Crippen LogP contribution in [0.25, 0.3) is 0 Å². The van der Waals surface area contributed by atoms with Gasteiger partial charge < -0.3 is 20.0 Å². The lowest BCUT2D eigenvalue weighted by atomic mass is 9.79. The van der Waals surface area contributed by atoms with Crippen LogP contribution in [0.15, 0.2) is 18.3 Å². The molecule has 3 fully saturated rings. The maximum atomic E-state index is 13.0. The van der Waals surface area contributed by atoms with E-state index in [1.807, 2.05) is 4.90 Å². The second kappa shape index (κ2) is 8.40. The van der Waals surface area contributed by atoms with E-state index in [1.165, 1.54) is 0 Å². The fourth-order valence-electron chi connectivity index (χ4n) is 4.34. The number of nitrogens with one attached hydrogen (secondary N) is 1. The molecular weight excluding hydrogens is 366 g/mol. The van der Waals surface area contributed by atoms with Crippen molar-refractivity contribution in [3.63, 3.8) is 0 Å². The molecule has 1 saturated carbocycles. The Morgan fingerprint density at radius 1 is 1.14 bits per heavy atom. The van der Waals surface area contributed by atoms with Crippen molar-refractivity contribution in [3.05, 3.63) is 23.9 Å². The summed E-state index contributed by atoms with van der Waals surface area (Å²) < 4.78 is 0. The molecule has 2 amide bonds. The fourth-order valence-corrected chi connectivity index (χ4v) is 4.34. The number of piperidine rings is 1.